The van der Waals surface area contributed by atoms with E-state index in [1.807, 2.05) is 42.5 Å². The van der Waals surface area contributed by atoms with E-state index in [9.17, 15) is 4.79 Å². The minimum atomic E-state index is 0.0119. The molecule has 2 aromatic carbocycles. The van der Waals surface area contributed by atoms with Crippen LogP contribution in [0.4, 0.5) is 5.69 Å². The number of likely N-dealkylation sites (tertiary alicyclic amines) is 1. The van der Waals surface area contributed by atoms with E-state index in [2.05, 4.69) is 16.3 Å². The first-order chi connectivity index (χ1) is 12.7. The Balaban J connectivity index is 1.53. The maximum absolute atomic E-state index is 12.3. The quantitative estimate of drug-likeness (QED) is 0.784. The van der Waals surface area contributed by atoms with Crippen LogP contribution in [-0.2, 0) is 11.2 Å². The van der Waals surface area contributed by atoms with E-state index in [-0.39, 0.29) is 5.91 Å². The van der Waals surface area contributed by atoms with Gasteiger partial charge in [0.1, 0.15) is 5.75 Å². The average molecular weight is 373 g/mol. The van der Waals surface area contributed by atoms with Crippen molar-refractivity contribution in [3.63, 3.8) is 0 Å². The van der Waals surface area contributed by atoms with Gasteiger partial charge in [-0.3, -0.25) is 9.69 Å². The van der Waals surface area contributed by atoms with Gasteiger partial charge in [0.2, 0.25) is 5.91 Å². The normalized spacial score (nSPS) is 17.2. The number of anilines is 1. The standard InChI is InChI=1S/C21H25ClN2O2/c1-26-20-11-5-4-10-19(20)23-21(25)12-14-24-13-6-8-17(24)15-16-7-2-3-9-18(16)22/h2-5,7,9-11,17H,6,8,12-15H2,1H3,(H,23,25). The maximum atomic E-state index is 12.3. The van der Waals surface area contributed by atoms with Crippen LogP contribution in [-0.4, -0.2) is 37.0 Å². The van der Waals surface area contributed by atoms with Crippen molar-refractivity contribution in [1.82, 2.24) is 4.90 Å². The second-order valence-corrected chi connectivity index (χ2v) is 7.03. The van der Waals surface area contributed by atoms with Crippen molar-refractivity contribution < 1.29 is 9.53 Å². The Morgan fingerprint density at radius 2 is 2.00 bits per heavy atom. The average Bonchev–Trinajstić information content (AvgIpc) is 3.09. The van der Waals surface area contributed by atoms with Crippen molar-refractivity contribution in [2.75, 3.05) is 25.5 Å². The molecule has 3 rings (SSSR count). The number of nitrogens with one attached hydrogen (secondary N) is 1. The lowest BCUT2D eigenvalue weighted by Gasteiger charge is -2.24. The Kier molecular flexibility index (Phi) is 6.53. The van der Waals surface area contributed by atoms with Gasteiger partial charge in [-0.1, -0.05) is 41.9 Å². The number of ether oxygens (including phenoxy) is 1. The van der Waals surface area contributed by atoms with Crippen LogP contribution >= 0.6 is 11.6 Å². The second kappa shape index (κ2) is 9.06. The number of amides is 1. The molecule has 1 amide bonds. The molecule has 1 atom stereocenters. The molecule has 0 aromatic heterocycles. The zero-order valence-electron chi connectivity index (χ0n) is 15.1. The first kappa shape index (κ1) is 18.7. The molecule has 1 fully saturated rings. The van der Waals surface area contributed by atoms with Gasteiger partial charge in [-0.25, -0.2) is 0 Å². The highest BCUT2D eigenvalue weighted by atomic mass is 35.5. The summed E-state index contributed by atoms with van der Waals surface area (Å²) in [5.74, 6) is 0.691. The predicted molar refractivity (Wildman–Crippen MR) is 106 cm³/mol. The van der Waals surface area contributed by atoms with Gasteiger partial charge in [0.05, 0.1) is 12.8 Å². The lowest BCUT2D eigenvalue weighted by molar-refractivity contribution is -0.116. The first-order valence-electron chi connectivity index (χ1n) is 9.07. The van der Waals surface area contributed by atoms with E-state index in [1.54, 1.807) is 7.11 Å². The Morgan fingerprint density at radius 1 is 1.23 bits per heavy atom. The van der Waals surface area contributed by atoms with Crippen LogP contribution in [0.3, 0.4) is 0 Å². The number of para-hydroxylation sites is 2. The summed E-state index contributed by atoms with van der Waals surface area (Å²) in [6.07, 6.45) is 3.73. The Bertz CT molecular complexity index is 750. The summed E-state index contributed by atoms with van der Waals surface area (Å²) in [4.78, 5) is 14.7. The molecule has 1 unspecified atom stereocenters. The smallest absolute Gasteiger partial charge is 0.225 e. The number of benzene rings is 2. The van der Waals surface area contributed by atoms with E-state index >= 15 is 0 Å². The zero-order chi connectivity index (χ0) is 18.4. The highest BCUT2D eigenvalue weighted by Gasteiger charge is 2.25. The summed E-state index contributed by atoms with van der Waals surface area (Å²) in [7, 11) is 1.61. The second-order valence-electron chi connectivity index (χ2n) is 6.63. The van der Waals surface area contributed by atoms with Gasteiger partial charge in [0.15, 0.2) is 0 Å². The van der Waals surface area contributed by atoms with Gasteiger partial charge >= 0.3 is 0 Å². The first-order valence-corrected chi connectivity index (χ1v) is 9.45. The minimum absolute atomic E-state index is 0.0119. The van der Waals surface area contributed by atoms with Gasteiger partial charge in [0, 0.05) is 24.0 Å². The molecule has 0 spiro atoms. The molecule has 5 heteroatoms. The summed E-state index contributed by atoms with van der Waals surface area (Å²) >= 11 is 6.30. The fourth-order valence-electron chi connectivity index (χ4n) is 3.54. The molecule has 0 radical (unpaired) electrons. The molecule has 1 saturated heterocycles. The number of nitrogens with zero attached hydrogens (tertiary/aromatic N) is 1. The molecule has 4 nitrogen and oxygen atoms in total. The van der Waals surface area contributed by atoms with Crippen LogP contribution in [0, 0.1) is 0 Å². The van der Waals surface area contributed by atoms with E-state index in [0.717, 1.165) is 31.0 Å². The van der Waals surface area contributed by atoms with Gasteiger partial charge in [-0.15, -0.1) is 0 Å². The Morgan fingerprint density at radius 3 is 2.81 bits per heavy atom. The van der Waals surface area contributed by atoms with Crippen LogP contribution in [0.5, 0.6) is 5.75 Å². The Labute approximate surface area is 160 Å². The SMILES string of the molecule is COc1ccccc1NC(=O)CCN1CCCC1Cc1ccccc1Cl. The number of carbonyl (C=O) groups excluding carboxylic acids is 1. The highest BCUT2D eigenvalue weighted by molar-refractivity contribution is 6.31. The van der Waals surface area contributed by atoms with E-state index in [1.165, 1.54) is 12.0 Å². The van der Waals surface area contributed by atoms with Crippen LogP contribution in [0.25, 0.3) is 0 Å². The third-order valence-electron chi connectivity index (χ3n) is 4.92. The number of rotatable bonds is 7. The van der Waals surface area contributed by atoms with Crippen LogP contribution in [0.2, 0.25) is 5.02 Å². The van der Waals surface area contributed by atoms with Gasteiger partial charge in [-0.2, -0.15) is 0 Å². The topological polar surface area (TPSA) is 41.6 Å². The van der Waals surface area contributed by atoms with Gasteiger partial charge in [0.25, 0.3) is 0 Å². The summed E-state index contributed by atoms with van der Waals surface area (Å²) in [6, 6.07) is 15.9. The van der Waals surface area contributed by atoms with Crippen molar-refractivity contribution in [2.45, 2.75) is 31.7 Å². The Hall–Kier alpha value is -2.04. The summed E-state index contributed by atoms with van der Waals surface area (Å²) in [6.45, 7) is 1.80. The molecule has 0 saturated carbocycles. The molecule has 138 valence electrons. The van der Waals surface area contributed by atoms with Crippen molar-refractivity contribution in [3.8, 4) is 5.75 Å². The van der Waals surface area contributed by atoms with Crippen LogP contribution in [0.15, 0.2) is 48.5 Å². The number of methoxy groups -OCH3 is 1. The maximum Gasteiger partial charge on any atom is 0.225 e. The largest absolute Gasteiger partial charge is 0.495 e. The number of halogens is 1. The molecule has 1 heterocycles. The molecular formula is C21H25ClN2O2. The summed E-state index contributed by atoms with van der Waals surface area (Å²) in [5.41, 5.74) is 1.90. The fraction of sp³-hybridized carbons (Fsp3) is 0.381. The zero-order valence-corrected chi connectivity index (χ0v) is 15.8. The van der Waals surface area contributed by atoms with Crippen molar-refractivity contribution >= 4 is 23.2 Å². The molecular weight excluding hydrogens is 348 g/mol. The molecule has 1 aliphatic heterocycles. The number of carbonyl (C=O) groups is 1. The van der Waals surface area contributed by atoms with E-state index < -0.39 is 0 Å². The van der Waals surface area contributed by atoms with Crippen LogP contribution in [0.1, 0.15) is 24.8 Å². The van der Waals surface area contributed by atoms with Crippen LogP contribution < -0.4 is 10.1 Å². The summed E-state index contributed by atoms with van der Waals surface area (Å²) in [5, 5.41) is 3.77. The monoisotopic (exact) mass is 372 g/mol. The lowest BCUT2D eigenvalue weighted by atomic mass is 10.0. The highest BCUT2D eigenvalue weighted by Crippen LogP contribution is 2.26. The van der Waals surface area contributed by atoms with E-state index in [4.69, 9.17) is 16.3 Å². The van der Waals surface area contributed by atoms with Crippen molar-refractivity contribution in [1.29, 1.82) is 0 Å². The third-order valence-corrected chi connectivity index (χ3v) is 5.29. The molecule has 1 aliphatic rings. The molecule has 1 N–H and O–H groups in total. The third kappa shape index (κ3) is 4.77. The number of hydrogen-bond donors (Lipinski definition) is 1. The molecule has 0 aliphatic carbocycles. The predicted octanol–water partition coefficient (Wildman–Crippen LogP) is 4.38. The lowest BCUT2D eigenvalue weighted by Crippen LogP contribution is -2.34. The van der Waals surface area contributed by atoms with Gasteiger partial charge < -0.3 is 10.1 Å². The molecule has 26 heavy (non-hydrogen) atoms. The van der Waals surface area contributed by atoms with Crippen molar-refractivity contribution in [3.05, 3.63) is 59.1 Å². The van der Waals surface area contributed by atoms with E-state index in [0.29, 0.717) is 23.9 Å². The summed E-state index contributed by atoms with van der Waals surface area (Å²) < 4.78 is 5.28. The molecule has 2 aromatic rings. The molecule has 0 bridgehead atoms. The van der Waals surface area contributed by atoms with Crippen molar-refractivity contribution in [2.24, 2.45) is 0 Å². The fourth-order valence-corrected chi connectivity index (χ4v) is 3.76. The number of hydrogen-bond acceptors (Lipinski definition) is 3. The van der Waals surface area contributed by atoms with Gasteiger partial charge in [-0.05, 0) is 49.6 Å². The minimum Gasteiger partial charge on any atom is -0.495 e.